The lowest BCUT2D eigenvalue weighted by atomic mass is 9.82. The summed E-state index contributed by atoms with van der Waals surface area (Å²) in [6.07, 6.45) is -6.89. The maximum Gasteiger partial charge on any atom is 0.264 e. The Labute approximate surface area is 248 Å². The van der Waals surface area contributed by atoms with E-state index in [0.29, 0.717) is 36.3 Å². The van der Waals surface area contributed by atoms with Crippen LogP contribution in [0, 0.1) is 5.92 Å². The summed E-state index contributed by atoms with van der Waals surface area (Å²) in [5, 5.41) is 59.8. The fourth-order valence-electron chi connectivity index (χ4n) is 6.76. The summed E-state index contributed by atoms with van der Waals surface area (Å²) in [5.74, 6) is -1.62. The number of benzene rings is 1. The van der Waals surface area contributed by atoms with Crippen molar-refractivity contribution in [1.82, 2.24) is 15.0 Å². The Bertz CT molecular complexity index is 1370. The number of anilines is 2. The Kier molecular flexibility index (Phi) is 8.53. The molecule has 2 aromatic rings. The van der Waals surface area contributed by atoms with Crippen molar-refractivity contribution >= 4 is 31.5 Å². The third-order valence-electron chi connectivity index (χ3n) is 8.82. The summed E-state index contributed by atoms with van der Waals surface area (Å²) in [6.45, 7) is 5.88. The van der Waals surface area contributed by atoms with E-state index < -0.39 is 62.6 Å². The highest BCUT2D eigenvalue weighted by atomic mass is 28.4. The van der Waals surface area contributed by atoms with Gasteiger partial charge in [0.2, 0.25) is 0 Å². The minimum atomic E-state index is -2.91. The van der Waals surface area contributed by atoms with Crippen LogP contribution in [0.3, 0.4) is 0 Å². The smallest absolute Gasteiger partial charge is 0.264 e. The van der Waals surface area contributed by atoms with E-state index in [2.05, 4.69) is 15.6 Å². The first kappa shape index (κ1) is 31.6. The second-order valence-electron chi connectivity index (χ2n) is 12.1. The van der Waals surface area contributed by atoms with E-state index in [1.54, 1.807) is 36.1 Å². The van der Waals surface area contributed by atoms with E-state index >= 15 is 0 Å². The lowest BCUT2D eigenvalue weighted by Gasteiger charge is -2.37. The molecule has 7 N–H and O–H groups in total. The van der Waals surface area contributed by atoms with Crippen molar-refractivity contribution in [2.75, 3.05) is 23.9 Å². The van der Waals surface area contributed by atoms with Crippen LogP contribution in [0.5, 0.6) is 0 Å². The Balaban J connectivity index is 1.43. The highest BCUT2D eigenvalue weighted by Gasteiger charge is 2.65. The van der Waals surface area contributed by atoms with Crippen LogP contribution in [0.2, 0.25) is 18.6 Å². The molecule has 1 aromatic carbocycles. The molecule has 0 saturated carbocycles. The zero-order valence-corrected chi connectivity index (χ0v) is 25.4. The summed E-state index contributed by atoms with van der Waals surface area (Å²) in [7, 11) is -1.28. The van der Waals surface area contributed by atoms with Crippen LogP contribution in [-0.2, 0) is 37.6 Å². The van der Waals surface area contributed by atoms with Crippen LogP contribution < -0.4 is 10.2 Å². The molecule has 2 amide bonds. The van der Waals surface area contributed by atoms with E-state index in [9.17, 15) is 39.9 Å². The van der Waals surface area contributed by atoms with E-state index in [1.807, 2.05) is 20.0 Å². The minimum Gasteiger partial charge on any atom is -0.432 e. The van der Waals surface area contributed by atoms with Crippen LogP contribution in [0.15, 0.2) is 24.4 Å². The molecule has 3 aliphatic rings. The number of hydrogen-bond acceptors (Lipinski definition) is 12. The number of ether oxygens (including phenoxy) is 2. The largest absolute Gasteiger partial charge is 0.432 e. The van der Waals surface area contributed by atoms with Gasteiger partial charge in [0.25, 0.3) is 11.8 Å². The van der Waals surface area contributed by atoms with Crippen LogP contribution in [0.25, 0.3) is 0 Å². The van der Waals surface area contributed by atoms with E-state index in [0.717, 1.165) is 0 Å². The topological polar surface area (TPSA) is 220 Å². The molecule has 0 unspecified atom stereocenters. The Morgan fingerprint density at radius 2 is 1.88 bits per heavy atom. The highest BCUT2D eigenvalue weighted by Crippen LogP contribution is 2.59. The number of amides is 2. The lowest BCUT2D eigenvalue weighted by molar-refractivity contribution is -0.274. The van der Waals surface area contributed by atoms with Gasteiger partial charge < -0.3 is 50.0 Å². The van der Waals surface area contributed by atoms with Gasteiger partial charge in [-0.3, -0.25) is 14.3 Å². The molecule has 1 spiro atoms. The number of aliphatic hydroxyl groups is 5. The lowest BCUT2D eigenvalue weighted by Crippen LogP contribution is -2.60. The first-order valence-corrected chi connectivity index (χ1v) is 17.2. The van der Waals surface area contributed by atoms with Crippen molar-refractivity contribution in [3.63, 3.8) is 0 Å². The zero-order valence-electron chi connectivity index (χ0n) is 24.4. The fourth-order valence-corrected chi connectivity index (χ4v) is 9.36. The predicted octanol–water partition coefficient (Wildman–Crippen LogP) is -1.58. The zero-order chi connectivity index (χ0) is 31.4. The third-order valence-corrected chi connectivity index (χ3v) is 11.3. The highest BCUT2D eigenvalue weighted by molar-refractivity contribution is 6.71. The molecule has 3 aliphatic heterocycles. The molecule has 4 heterocycles. The minimum absolute atomic E-state index is 0.0460. The number of nitrogens with one attached hydrogen (secondary N) is 1. The van der Waals surface area contributed by atoms with Gasteiger partial charge in [0.1, 0.15) is 18.3 Å². The van der Waals surface area contributed by atoms with Gasteiger partial charge in [-0.05, 0) is 37.7 Å². The third kappa shape index (κ3) is 5.40. The van der Waals surface area contributed by atoms with Gasteiger partial charge in [-0.1, -0.05) is 12.1 Å². The summed E-state index contributed by atoms with van der Waals surface area (Å²) in [4.78, 5) is 39.9. The monoisotopic (exact) mass is 621 g/mol. The molecule has 236 valence electrons. The van der Waals surface area contributed by atoms with Gasteiger partial charge in [0, 0.05) is 55.5 Å². The molecule has 2 saturated heterocycles. The van der Waals surface area contributed by atoms with Crippen LogP contribution in [-0.4, -0.2) is 116 Å². The predicted molar refractivity (Wildman–Crippen MR) is 152 cm³/mol. The number of rotatable bonds is 8. The maximum atomic E-state index is 14.0. The summed E-state index contributed by atoms with van der Waals surface area (Å²) in [6, 6.07) is 4.82. The summed E-state index contributed by atoms with van der Waals surface area (Å²) >= 11 is 0. The average molecular weight is 622 g/mol. The second-order valence-corrected chi connectivity index (χ2v) is 16.1. The number of likely N-dealkylation sites (N-methyl/N-ethyl adjacent to an activating group) is 1. The maximum absolute atomic E-state index is 14.0. The van der Waals surface area contributed by atoms with E-state index in [4.69, 9.17) is 9.47 Å². The molecule has 15 nitrogen and oxygen atoms in total. The van der Waals surface area contributed by atoms with Gasteiger partial charge >= 0.3 is 0 Å². The number of hydrogen-bond donors (Lipinski definition) is 7. The van der Waals surface area contributed by atoms with Gasteiger partial charge in [0.05, 0.1) is 17.5 Å². The fraction of sp³-hybridized carbons (Fsp3) is 0.630. The molecule has 0 bridgehead atoms. The van der Waals surface area contributed by atoms with Gasteiger partial charge in [-0.15, -0.1) is 5.10 Å². The van der Waals surface area contributed by atoms with Crippen LogP contribution in [0.4, 0.5) is 11.4 Å². The Hall–Kier alpha value is -2.80. The van der Waals surface area contributed by atoms with Crippen molar-refractivity contribution in [2.24, 2.45) is 5.92 Å². The van der Waals surface area contributed by atoms with Crippen molar-refractivity contribution in [3.8, 4) is 0 Å². The van der Waals surface area contributed by atoms with Gasteiger partial charge in [-0.2, -0.15) is 0 Å². The molecule has 9 atom stereocenters. The summed E-state index contributed by atoms with van der Waals surface area (Å²) < 4.78 is 13.4. The van der Waals surface area contributed by atoms with Crippen molar-refractivity contribution in [2.45, 2.75) is 87.4 Å². The molecule has 0 aliphatic carbocycles. The number of nitrogens with zero attached hydrogens (tertiary/aromatic N) is 4. The van der Waals surface area contributed by atoms with Crippen molar-refractivity contribution in [1.29, 1.82) is 0 Å². The van der Waals surface area contributed by atoms with Gasteiger partial charge in [0.15, 0.2) is 26.3 Å². The first-order valence-electron chi connectivity index (χ1n) is 14.2. The number of fused-ring (bicyclic) bond motifs is 2. The molecule has 16 heteroatoms. The SMILES string of the molecule is C[C@@H]1[C@@H]([Si](C)(C)O)[C@H](CCn2cc(CCO)nn2)O[C@@]12C(=O)N(C)c1ccc(NC(=O)[C@H]3O[C@@H](O)[C@H](O)[C@@H](O)[C@@H]3O)cc12. The molecule has 1 aromatic heterocycles. The number of carbonyl (C=O) groups excluding carboxylic acids is 2. The Morgan fingerprint density at radius 3 is 2.56 bits per heavy atom. The number of carbonyl (C=O) groups is 2. The second kappa shape index (κ2) is 11.6. The number of aromatic nitrogens is 3. The average Bonchev–Trinajstić information content (AvgIpc) is 3.58. The van der Waals surface area contributed by atoms with E-state index in [-0.39, 0.29) is 23.7 Å². The van der Waals surface area contributed by atoms with Crippen LogP contribution in [0.1, 0.15) is 24.6 Å². The molecular formula is C27H39N5O10Si. The van der Waals surface area contributed by atoms with Crippen LogP contribution >= 0.6 is 0 Å². The molecule has 0 radical (unpaired) electrons. The van der Waals surface area contributed by atoms with Crippen molar-refractivity contribution < 1.29 is 49.4 Å². The molecule has 2 fully saturated rings. The molecule has 5 rings (SSSR count). The molecule has 43 heavy (non-hydrogen) atoms. The summed E-state index contributed by atoms with van der Waals surface area (Å²) in [5.41, 5.74) is 0.175. The number of aryl methyl sites for hydroxylation is 1. The normalized spacial score (nSPS) is 34.2. The quantitative estimate of drug-likeness (QED) is 0.166. The standard InChI is InChI=1S/C27H39N5O10Si/c1-13-23(43(3,4)40)18(7-9-32-12-15(8-10-33)29-30-32)42-27(13)16-11-14(5-6-17(16)31(2)26(27)39)28-24(37)22-20(35)19(34)21(36)25(38)41-22/h5-6,11-13,18-23,25,33-36,38,40H,7-10H2,1-4H3,(H,28,37)/t13-,18+,19+,20+,21-,22+,23-,25-,27+/m1/s1. The first-order chi connectivity index (χ1) is 20.2. The number of aliphatic hydroxyl groups excluding tert-OH is 5. The van der Waals surface area contributed by atoms with Crippen molar-refractivity contribution in [3.05, 3.63) is 35.7 Å². The Morgan fingerprint density at radius 1 is 1.16 bits per heavy atom. The van der Waals surface area contributed by atoms with Gasteiger partial charge in [-0.25, -0.2) is 0 Å². The molecular weight excluding hydrogens is 582 g/mol. The van der Waals surface area contributed by atoms with E-state index in [1.165, 1.54) is 4.90 Å².